The van der Waals surface area contributed by atoms with Gasteiger partial charge in [-0.3, -0.25) is 4.99 Å². The van der Waals surface area contributed by atoms with Crippen LogP contribution >= 0.6 is 35.3 Å². The average molecular weight is 463 g/mol. The first-order valence-corrected chi connectivity index (χ1v) is 8.71. The SMILES string of the molecule is CN=C(NCc1cc(C(C)C)no1)NCc1nc(C(C)C)cs1.I. The number of hydrogen-bond donors (Lipinski definition) is 2. The van der Waals surface area contributed by atoms with Crippen molar-refractivity contribution in [2.45, 2.75) is 52.6 Å². The summed E-state index contributed by atoms with van der Waals surface area (Å²) >= 11 is 1.67. The fourth-order valence-electron chi connectivity index (χ4n) is 1.91. The molecule has 0 radical (unpaired) electrons. The minimum atomic E-state index is 0. The van der Waals surface area contributed by atoms with Crippen molar-refractivity contribution in [2.24, 2.45) is 4.99 Å². The van der Waals surface area contributed by atoms with Gasteiger partial charge in [0.2, 0.25) is 0 Å². The zero-order valence-electron chi connectivity index (χ0n) is 14.8. The molecule has 2 N–H and O–H groups in total. The molecule has 0 amide bonds. The van der Waals surface area contributed by atoms with E-state index in [9.17, 15) is 0 Å². The largest absolute Gasteiger partial charge is 0.359 e. The van der Waals surface area contributed by atoms with E-state index in [0.29, 0.717) is 30.9 Å². The molecule has 2 aromatic heterocycles. The maximum Gasteiger partial charge on any atom is 0.191 e. The molecule has 2 aromatic rings. The van der Waals surface area contributed by atoms with Gasteiger partial charge in [0, 0.05) is 18.5 Å². The topological polar surface area (TPSA) is 75.3 Å². The number of guanidine groups is 1. The van der Waals surface area contributed by atoms with Crippen molar-refractivity contribution in [2.75, 3.05) is 7.05 Å². The molecule has 6 nitrogen and oxygen atoms in total. The summed E-state index contributed by atoms with van der Waals surface area (Å²) in [7, 11) is 1.75. The Kier molecular flexibility index (Phi) is 8.68. The van der Waals surface area contributed by atoms with Crippen molar-refractivity contribution in [1.29, 1.82) is 0 Å². The second-order valence-corrected chi connectivity index (χ2v) is 6.92. The zero-order valence-corrected chi connectivity index (χ0v) is 17.9. The summed E-state index contributed by atoms with van der Waals surface area (Å²) in [5.74, 6) is 2.34. The fraction of sp³-hybridized carbons (Fsp3) is 0.562. The van der Waals surface area contributed by atoms with Crippen LogP contribution in [0.5, 0.6) is 0 Å². The van der Waals surface area contributed by atoms with Crippen molar-refractivity contribution in [1.82, 2.24) is 20.8 Å². The van der Waals surface area contributed by atoms with Crippen molar-refractivity contribution < 1.29 is 4.52 Å². The molecule has 0 saturated carbocycles. The Labute approximate surface area is 164 Å². The van der Waals surface area contributed by atoms with Gasteiger partial charge in [0.1, 0.15) is 5.01 Å². The average Bonchev–Trinajstić information content (AvgIpc) is 3.16. The van der Waals surface area contributed by atoms with Crippen LogP contribution in [0, 0.1) is 0 Å². The van der Waals surface area contributed by atoms with E-state index in [-0.39, 0.29) is 24.0 Å². The Morgan fingerprint density at radius 3 is 2.38 bits per heavy atom. The highest BCUT2D eigenvalue weighted by atomic mass is 127. The lowest BCUT2D eigenvalue weighted by Gasteiger charge is -2.09. The number of hydrogen-bond acceptors (Lipinski definition) is 5. The van der Waals surface area contributed by atoms with E-state index in [0.717, 1.165) is 22.2 Å². The van der Waals surface area contributed by atoms with Gasteiger partial charge >= 0.3 is 0 Å². The van der Waals surface area contributed by atoms with Crippen molar-refractivity contribution >= 4 is 41.3 Å². The van der Waals surface area contributed by atoms with Crippen LogP contribution in [-0.2, 0) is 13.1 Å². The molecular formula is C16H26IN5OS. The van der Waals surface area contributed by atoms with Crippen molar-refractivity contribution in [3.63, 3.8) is 0 Å². The zero-order chi connectivity index (χ0) is 16.8. The molecule has 24 heavy (non-hydrogen) atoms. The second-order valence-electron chi connectivity index (χ2n) is 5.97. The third-order valence-corrected chi connectivity index (χ3v) is 4.26. The summed E-state index contributed by atoms with van der Waals surface area (Å²) in [6, 6.07) is 1.97. The van der Waals surface area contributed by atoms with Gasteiger partial charge in [0.15, 0.2) is 11.7 Å². The lowest BCUT2D eigenvalue weighted by molar-refractivity contribution is 0.372. The van der Waals surface area contributed by atoms with Crippen LogP contribution in [0.2, 0.25) is 0 Å². The Bertz CT molecular complexity index is 598. The number of nitrogens with one attached hydrogen (secondary N) is 2. The van der Waals surface area contributed by atoms with Crippen LogP contribution in [0.25, 0.3) is 0 Å². The minimum Gasteiger partial charge on any atom is -0.359 e. The molecule has 0 unspecified atom stereocenters. The number of aromatic nitrogens is 2. The first kappa shape index (κ1) is 20.9. The molecule has 134 valence electrons. The van der Waals surface area contributed by atoms with Gasteiger partial charge in [-0.05, 0) is 11.8 Å². The highest BCUT2D eigenvalue weighted by molar-refractivity contribution is 14.0. The lowest BCUT2D eigenvalue weighted by Crippen LogP contribution is -2.36. The van der Waals surface area contributed by atoms with Crippen molar-refractivity contribution in [3.05, 3.63) is 33.6 Å². The van der Waals surface area contributed by atoms with E-state index in [1.165, 1.54) is 0 Å². The molecule has 0 spiro atoms. The molecule has 0 bridgehead atoms. The summed E-state index contributed by atoms with van der Waals surface area (Å²) in [4.78, 5) is 8.81. The number of halogens is 1. The molecule has 0 fully saturated rings. The molecule has 8 heteroatoms. The fourth-order valence-corrected chi connectivity index (χ4v) is 2.80. The third kappa shape index (κ3) is 6.04. The van der Waals surface area contributed by atoms with Gasteiger partial charge in [-0.25, -0.2) is 4.98 Å². The van der Waals surface area contributed by atoms with Gasteiger partial charge in [-0.2, -0.15) is 0 Å². The van der Waals surface area contributed by atoms with Crippen LogP contribution in [-0.4, -0.2) is 23.1 Å². The predicted octanol–water partition coefficient (Wildman–Crippen LogP) is 3.86. The molecule has 0 saturated heterocycles. The number of aliphatic imine (C=N–C) groups is 1. The van der Waals surface area contributed by atoms with E-state index in [4.69, 9.17) is 4.52 Å². The Balaban J connectivity index is 0.00000288. The van der Waals surface area contributed by atoms with Gasteiger partial charge in [-0.1, -0.05) is 32.9 Å². The molecule has 2 rings (SSSR count). The maximum atomic E-state index is 5.31. The van der Waals surface area contributed by atoms with E-state index in [2.05, 4.69) is 58.8 Å². The van der Waals surface area contributed by atoms with Gasteiger partial charge < -0.3 is 15.2 Å². The smallest absolute Gasteiger partial charge is 0.191 e. The molecule has 0 aliphatic carbocycles. The molecule has 2 heterocycles. The summed E-state index contributed by atoms with van der Waals surface area (Å²) in [6.45, 7) is 9.69. The predicted molar refractivity (Wildman–Crippen MR) is 109 cm³/mol. The van der Waals surface area contributed by atoms with Crippen LogP contribution in [0.15, 0.2) is 21.0 Å². The molecule has 0 aliphatic heterocycles. The van der Waals surface area contributed by atoms with Gasteiger partial charge in [0.05, 0.1) is 24.5 Å². The van der Waals surface area contributed by atoms with E-state index in [1.54, 1.807) is 18.4 Å². The molecule has 0 aromatic carbocycles. The monoisotopic (exact) mass is 463 g/mol. The van der Waals surface area contributed by atoms with Crippen LogP contribution in [0.4, 0.5) is 0 Å². The molecular weight excluding hydrogens is 437 g/mol. The standard InChI is InChI=1S/C16H25N5OS.HI/c1-10(2)13-6-12(22-21-13)7-18-16(17-5)19-8-15-20-14(9-23-15)11(3)4;/h6,9-11H,7-8H2,1-5H3,(H2,17,18,19);1H. The van der Waals surface area contributed by atoms with Crippen molar-refractivity contribution in [3.8, 4) is 0 Å². The Hall–Kier alpha value is -1.16. The highest BCUT2D eigenvalue weighted by Gasteiger charge is 2.09. The number of rotatable bonds is 6. The van der Waals surface area contributed by atoms with Crippen LogP contribution in [0.3, 0.4) is 0 Å². The van der Waals surface area contributed by atoms with E-state index in [1.807, 2.05) is 6.07 Å². The van der Waals surface area contributed by atoms with Crippen LogP contribution < -0.4 is 10.6 Å². The lowest BCUT2D eigenvalue weighted by atomic mass is 10.1. The Morgan fingerprint density at radius 1 is 1.17 bits per heavy atom. The third-order valence-electron chi connectivity index (χ3n) is 3.39. The van der Waals surface area contributed by atoms with E-state index < -0.39 is 0 Å². The minimum absolute atomic E-state index is 0. The quantitative estimate of drug-likeness (QED) is 0.387. The first-order chi connectivity index (χ1) is 11.0. The summed E-state index contributed by atoms with van der Waals surface area (Å²) in [5.41, 5.74) is 2.10. The molecule has 0 aliphatic rings. The number of thiazole rings is 1. The normalized spacial score (nSPS) is 11.7. The second kappa shape index (κ2) is 9.97. The summed E-state index contributed by atoms with van der Waals surface area (Å²) < 4.78 is 5.31. The van der Waals surface area contributed by atoms with Crippen LogP contribution in [0.1, 0.15) is 61.7 Å². The summed E-state index contributed by atoms with van der Waals surface area (Å²) in [5, 5.41) is 13.7. The van der Waals surface area contributed by atoms with Gasteiger partial charge in [-0.15, -0.1) is 35.3 Å². The van der Waals surface area contributed by atoms with E-state index >= 15 is 0 Å². The Morgan fingerprint density at radius 2 is 1.83 bits per heavy atom. The maximum absolute atomic E-state index is 5.31. The number of nitrogens with zero attached hydrogens (tertiary/aromatic N) is 3. The highest BCUT2D eigenvalue weighted by Crippen LogP contribution is 2.17. The molecule has 0 atom stereocenters. The van der Waals surface area contributed by atoms with Gasteiger partial charge in [0.25, 0.3) is 0 Å². The summed E-state index contributed by atoms with van der Waals surface area (Å²) in [6.07, 6.45) is 0. The first-order valence-electron chi connectivity index (χ1n) is 7.84.